The van der Waals surface area contributed by atoms with Gasteiger partial charge in [0.25, 0.3) is 0 Å². The Kier molecular flexibility index (Phi) is 3.91. The predicted octanol–water partition coefficient (Wildman–Crippen LogP) is 0.684. The van der Waals surface area contributed by atoms with E-state index >= 15 is 0 Å². The quantitative estimate of drug-likeness (QED) is 0.653. The molecule has 0 bridgehead atoms. The van der Waals surface area contributed by atoms with Crippen LogP contribution in [0.4, 0.5) is 0 Å². The van der Waals surface area contributed by atoms with E-state index in [0.29, 0.717) is 1.14 Å². The van der Waals surface area contributed by atoms with Crippen LogP contribution in [0.15, 0.2) is 35.6 Å². The van der Waals surface area contributed by atoms with Gasteiger partial charge < -0.3 is 0 Å². The molecule has 1 aromatic carbocycles. The van der Waals surface area contributed by atoms with Crippen molar-refractivity contribution in [2.24, 2.45) is 5.29 Å². The van der Waals surface area contributed by atoms with Gasteiger partial charge in [-0.25, -0.2) is 0 Å². The van der Waals surface area contributed by atoms with Crippen LogP contribution < -0.4 is 1.08 Å². The molecule has 0 saturated heterocycles. The number of hydrogen-bond acceptors (Lipinski definition) is 3. The topological polar surface area (TPSA) is 52.9 Å². The predicted molar refractivity (Wildman–Crippen MR) is 35.5 cm³/mol. The van der Waals surface area contributed by atoms with Gasteiger partial charge in [-0.1, -0.05) is 0 Å². The van der Waals surface area contributed by atoms with Crippen LogP contribution in [0.2, 0.25) is 0 Å². The maximum atomic E-state index is 9.78. The van der Waals surface area contributed by atoms with Crippen LogP contribution in [0.25, 0.3) is 0 Å². The summed E-state index contributed by atoms with van der Waals surface area (Å²) in [5.74, 6) is 0. The first-order valence-electron chi connectivity index (χ1n) is 2.97. The van der Waals surface area contributed by atoms with Gasteiger partial charge in [0.15, 0.2) is 0 Å². The molecule has 0 atom stereocenters. The summed E-state index contributed by atoms with van der Waals surface area (Å²) in [4.78, 5) is 9.78. The SMILES string of the molecule is O=N[N](O)[Ce][c]1ccccc1. The Bertz CT molecular complexity index is 229. The van der Waals surface area contributed by atoms with E-state index < -0.39 is 37.9 Å². The zero-order valence-corrected chi connectivity index (χ0v) is 8.78. The minimum atomic E-state index is -1.56. The van der Waals surface area contributed by atoms with Gasteiger partial charge in [0.2, 0.25) is 0 Å². The van der Waals surface area contributed by atoms with E-state index in [-0.39, 0.29) is 0 Å². The molecular formula is C6H6CeN2O2. The van der Waals surface area contributed by atoms with Crippen LogP contribution in [0, 0.1) is 42.9 Å². The molecule has 4 nitrogen and oxygen atoms in total. The maximum absolute atomic E-state index is 9.78. The molecule has 56 valence electrons. The Morgan fingerprint density at radius 1 is 1.36 bits per heavy atom. The van der Waals surface area contributed by atoms with Crippen molar-refractivity contribution < 1.29 is 43.2 Å². The number of rotatable bonds is 3. The zero-order chi connectivity index (χ0) is 8.10. The number of benzene rings is 1. The molecule has 0 amide bonds. The molecule has 0 unspecified atom stereocenters. The summed E-state index contributed by atoms with van der Waals surface area (Å²) < 4.78 is 1.59. The Morgan fingerprint density at radius 2 is 2.00 bits per heavy atom. The molecule has 0 fully saturated rings. The molecule has 0 aliphatic carbocycles. The van der Waals surface area contributed by atoms with Crippen molar-refractivity contribution in [3.8, 4) is 0 Å². The third kappa shape index (κ3) is 3.24. The van der Waals surface area contributed by atoms with Crippen molar-refractivity contribution in [3.63, 3.8) is 0 Å². The van der Waals surface area contributed by atoms with E-state index in [0.717, 1.165) is 1.08 Å². The first-order valence-corrected chi connectivity index (χ1v) is 5.94. The Labute approximate surface area is 85.0 Å². The molecule has 1 rings (SSSR count). The van der Waals surface area contributed by atoms with Gasteiger partial charge in [-0.3, -0.25) is 0 Å². The van der Waals surface area contributed by atoms with Crippen molar-refractivity contribution in [1.29, 1.82) is 0 Å². The van der Waals surface area contributed by atoms with Crippen molar-refractivity contribution in [2.45, 2.75) is 0 Å². The first kappa shape index (κ1) is 9.05. The fourth-order valence-electron chi connectivity index (χ4n) is 0.649. The van der Waals surface area contributed by atoms with Crippen LogP contribution in [-0.2, 0) is 0 Å². The molecule has 0 saturated carbocycles. The van der Waals surface area contributed by atoms with Gasteiger partial charge in [0.1, 0.15) is 0 Å². The molecule has 0 aliphatic rings. The Balaban J connectivity index is 2.57. The van der Waals surface area contributed by atoms with Crippen LogP contribution >= 0.6 is 0 Å². The van der Waals surface area contributed by atoms with E-state index in [9.17, 15) is 4.91 Å². The van der Waals surface area contributed by atoms with E-state index in [1.165, 1.54) is 0 Å². The van der Waals surface area contributed by atoms with Crippen molar-refractivity contribution in [2.75, 3.05) is 0 Å². The summed E-state index contributed by atoms with van der Waals surface area (Å²) in [6.07, 6.45) is 0. The van der Waals surface area contributed by atoms with Crippen LogP contribution in [0.5, 0.6) is 0 Å². The average Bonchev–Trinajstić information content (AvgIpc) is 2.06. The standard InChI is InChI=1S/C6H5.Ce.H2N2O2/c1-2-4-6-5-3-1;;3-1-2-4/h1-5H;;(H2,1,2,3,4)/q;+1;/p-1. The molecule has 11 heavy (non-hydrogen) atoms. The normalized spacial score (nSPS) is 8.82. The molecule has 0 aromatic heterocycles. The molecule has 0 aliphatic heterocycles. The third-order valence-corrected chi connectivity index (χ3v) is 3.82. The second-order valence-electron chi connectivity index (χ2n) is 1.85. The monoisotopic (exact) mass is 278 g/mol. The average molecular weight is 278 g/mol. The van der Waals surface area contributed by atoms with Gasteiger partial charge in [0.05, 0.1) is 0 Å². The second-order valence-corrected chi connectivity index (χ2v) is 5.62. The molecule has 0 radical (unpaired) electrons. The molecule has 1 aromatic rings. The summed E-state index contributed by atoms with van der Waals surface area (Å²) in [6.45, 7) is 0. The van der Waals surface area contributed by atoms with E-state index in [2.05, 4.69) is 5.29 Å². The van der Waals surface area contributed by atoms with Crippen LogP contribution in [-0.4, -0.2) is 6.34 Å². The van der Waals surface area contributed by atoms with E-state index in [1.807, 2.05) is 30.3 Å². The zero-order valence-electron chi connectivity index (χ0n) is 5.64. The van der Waals surface area contributed by atoms with Crippen molar-refractivity contribution >= 4 is 1.08 Å². The molecule has 0 spiro atoms. The van der Waals surface area contributed by atoms with Gasteiger partial charge in [-0.2, -0.15) is 0 Å². The van der Waals surface area contributed by atoms with E-state index in [1.54, 1.807) is 0 Å². The van der Waals surface area contributed by atoms with Gasteiger partial charge in [-0.05, 0) is 0 Å². The third-order valence-electron chi connectivity index (χ3n) is 1.08. The Hall–Kier alpha value is -0.0434. The minimum absolute atomic E-state index is 0.551. The first-order chi connectivity index (χ1) is 5.33. The summed E-state index contributed by atoms with van der Waals surface area (Å²) in [6, 6.07) is 9.42. The summed E-state index contributed by atoms with van der Waals surface area (Å²) in [7, 11) is 0. The van der Waals surface area contributed by atoms with Crippen molar-refractivity contribution in [3.05, 3.63) is 35.2 Å². The number of nitrogens with zero attached hydrogens (tertiary/aromatic N) is 2. The fraction of sp³-hybridized carbons (Fsp3) is 0. The number of hydrogen-bond donors (Lipinski definition) is 1. The summed E-state index contributed by atoms with van der Waals surface area (Å²) >= 11 is -1.56. The molecular weight excluding hydrogens is 272 g/mol. The van der Waals surface area contributed by atoms with Gasteiger partial charge in [0, 0.05) is 0 Å². The molecule has 5 heteroatoms. The second kappa shape index (κ2) is 4.76. The Morgan fingerprint density at radius 3 is 2.55 bits per heavy atom. The van der Waals surface area contributed by atoms with Gasteiger partial charge in [-0.15, -0.1) is 0 Å². The fourth-order valence-corrected chi connectivity index (χ4v) is 2.57. The molecule has 0 heterocycles. The summed E-state index contributed by atoms with van der Waals surface area (Å²) in [5, 5.41) is 11.2. The molecule has 1 N–H and O–H groups in total. The number of nitroso groups, excluding NO2 is 1. The van der Waals surface area contributed by atoms with Crippen molar-refractivity contribution in [1.82, 2.24) is 1.14 Å². The van der Waals surface area contributed by atoms with E-state index in [4.69, 9.17) is 5.21 Å². The van der Waals surface area contributed by atoms with Crippen LogP contribution in [0.1, 0.15) is 0 Å². The summed E-state index contributed by atoms with van der Waals surface area (Å²) in [5.41, 5.74) is 0. The van der Waals surface area contributed by atoms with Gasteiger partial charge >= 0.3 is 85.9 Å². The van der Waals surface area contributed by atoms with Crippen LogP contribution in [0.3, 0.4) is 0 Å².